The lowest BCUT2D eigenvalue weighted by Crippen LogP contribution is -2.43. The fourth-order valence-electron chi connectivity index (χ4n) is 4.24. The smallest absolute Gasteiger partial charge is 0.323 e. The molecule has 5 rings (SSSR count). The van der Waals surface area contributed by atoms with Crippen LogP contribution in [-0.2, 0) is 24.4 Å². The van der Waals surface area contributed by atoms with Crippen molar-refractivity contribution in [3.05, 3.63) is 127 Å². The third kappa shape index (κ3) is 5.17. The summed E-state index contributed by atoms with van der Waals surface area (Å²) in [5.74, 6) is -0.483. The van der Waals surface area contributed by atoms with Crippen molar-refractivity contribution >= 4 is 38.7 Å². The standard InChI is InChI=1S/C28H24BrN5O3/c1-19-12-13-23(22(29)14-19)31-24(35)17-34-27(36)25-26(30-18-32(25)15-20-8-4-2-5-9-20)33(28(34)37)16-21-10-6-3-7-11-21/h2-14,18H,15-17H2,1H3,(H,31,35). The minimum atomic E-state index is -0.593. The van der Waals surface area contributed by atoms with Gasteiger partial charge in [0.25, 0.3) is 5.56 Å². The topological polar surface area (TPSA) is 90.9 Å². The maximum Gasteiger partial charge on any atom is 0.333 e. The van der Waals surface area contributed by atoms with Gasteiger partial charge in [-0.2, -0.15) is 0 Å². The van der Waals surface area contributed by atoms with E-state index in [2.05, 4.69) is 26.2 Å². The van der Waals surface area contributed by atoms with Gasteiger partial charge in [-0.25, -0.2) is 14.3 Å². The van der Waals surface area contributed by atoms with Crippen molar-refractivity contribution in [2.75, 3.05) is 5.32 Å². The van der Waals surface area contributed by atoms with Gasteiger partial charge in [0.1, 0.15) is 6.54 Å². The number of amides is 1. The molecule has 2 aromatic heterocycles. The molecule has 8 nitrogen and oxygen atoms in total. The number of fused-ring (bicyclic) bond motifs is 1. The number of hydrogen-bond acceptors (Lipinski definition) is 4. The Kier molecular flexibility index (Phi) is 6.87. The lowest BCUT2D eigenvalue weighted by Gasteiger charge is -2.13. The molecule has 0 aliphatic rings. The largest absolute Gasteiger partial charge is 0.333 e. The highest BCUT2D eigenvalue weighted by Crippen LogP contribution is 2.23. The number of nitrogens with zero attached hydrogens (tertiary/aromatic N) is 4. The van der Waals surface area contributed by atoms with Crippen LogP contribution in [0.25, 0.3) is 11.2 Å². The number of benzene rings is 3. The van der Waals surface area contributed by atoms with E-state index in [0.717, 1.165) is 21.3 Å². The van der Waals surface area contributed by atoms with Gasteiger partial charge in [0.15, 0.2) is 11.2 Å². The van der Waals surface area contributed by atoms with E-state index < -0.39 is 23.7 Å². The molecule has 0 spiro atoms. The van der Waals surface area contributed by atoms with Gasteiger partial charge >= 0.3 is 5.69 Å². The molecule has 0 saturated carbocycles. The maximum absolute atomic E-state index is 13.6. The second-order valence-corrected chi connectivity index (χ2v) is 9.66. The van der Waals surface area contributed by atoms with Crippen LogP contribution < -0.4 is 16.6 Å². The molecule has 0 aliphatic heterocycles. The third-order valence-electron chi connectivity index (χ3n) is 6.06. The third-order valence-corrected chi connectivity index (χ3v) is 6.72. The average molecular weight is 558 g/mol. The number of nitrogens with one attached hydrogen (secondary N) is 1. The number of aromatic nitrogens is 4. The minimum absolute atomic E-state index is 0.212. The summed E-state index contributed by atoms with van der Waals surface area (Å²) in [7, 11) is 0. The van der Waals surface area contributed by atoms with Crippen LogP contribution in [0.4, 0.5) is 5.69 Å². The first-order valence-corrected chi connectivity index (χ1v) is 12.5. The Morgan fingerprint density at radius 1 is 0.892 bits per heavy atom. The zero-order valence-corrected chi connectivity index (χ0v) is 21.7. The Morgan fingerprint density at radius 3 is 2.19 bits per heavy atom. The van der Waals surface area contributed by atoms with Crippen molar-refractivity contribution in [1.82, 2.24) is 18.7 Å². The predicted molar refractivity (Wildman–Crippen MR) is 147 cm³/mol. The molecule has 0 saturated heterocycles. The summed E-state index contributed by atoms with van der Waals surface area (Å²) in [5, 5.41) is 2.79. The van der Waals surface area contributed by atoms with E-state index in [-0.39, 0.29) is 17.7 Å². The van der Waals surface area contributed by atoms with E-state index in [0.29, 0.717) is 16.7 Å². The number of carbonyl (C=O) groups excluding carboxylic acids is 1. The van der Waals surface area contributed by atoms with E-state index in [9.17, 15) is 14.4 Å². The second kappa shape index (κ2) is 10.4. The van der Waals surface area contributed by atoms with Crippen LogP contribution in [0.3, 0.4) is 0 Å². The van der Waals surface area contributed by atoms with Crippen molar-refractivity contribution < 1.29 is 4.79 Å². The molecule has 0 unspecified atom stereocenters. The summed E-state index contributed by atoms with van der Waals surface area (Å²) in [6.45, 7) is 2.13. The number of imidazole rings is 1. The minimum Gasteiger partial charge on any atom is -0.323 e. The van der Waals surface area contributed by atoms with Gasteiger partial charge in [-0.1, -0.05) is 66.7 Å². The van der Waals surface area contributed by atoms with Gasteiger partial charge in [-0.15, -0.1) is 0 Å². The fraction of sp³-hybridized carbons (Fsp3) is 0.143. The zero-order valence-electron chi connectivity index (χ0n) is 20.1. The molecule has 0 fully saturated rings. The highest BCUT2D eigenvalue weighted by molar-refractivity contribution is 9.10. The lowest BCUT2D eigenvalue weighted by atomic mass is 10.2. The molecule has 5 aromatic rings. The van der Waals surface area contributed by atoms with Crippen LogP contribution in [-0.4, -0.2) is 24.6 Å². The monoisotopic (exact) mass is 557 g/mol. The van der Waals surface area contributed by atoms with Crippen LogP contribution in [0.5, 0.6) is 0 Å². The van der Waals surface area contributed by atoms with E-state index >= 15 is 0 Å². The van der Waals surface area contributed by atoms with Gasteiger partial charge in [0.2, 0.25) is 5.91 Å². The summed E-state index contributed by atoms with van der Waals surface area (Å²) in [6, 6.07) is 24.7. The van der Waals surface area contributed by atoms with Crippen LogP contribution in [0.1, 0.15) is 16.7 Å². The molecule has 1 amide bonds. The Morgan fingerprint density at radius 2 is 1.54 bits per heavy atom. The quantitative estimate of drug-likeness (QED) is 0.325. The highest BCUT2D eigenvalue weighted by Gasteiger charge is 2.20. The first kappa shape index (κ1) is 24.5. The molecule has 1 N–H and O–H groups in total. The zero-order chi connectivity index (χ0) is 25.9. The molecule has 2 heterocycles. The summed E-state index contributed by atoms with van der Waals surface area (Å²) in [6.07, 6.45) is 1.56. The molecular weight excluding hydrogens is 534 g/mol. The highest BCUT2D eigenvalue weighted by atomic mass is 79.9. The number of hydrogen-bond donors (Lipinski definition) is 1. The van der Waals surface area contributed by atoms with Crippen LogP contribution in [0.15, 0.2) is 99.3 Å². The molecule has 186 valence electrons. The molecule has 0 aliphatic carbocycles. The summed E-state index contributed by atoms with van der Waals surface area (Å²) in [5.41, 5.74) is 2.85. The van der Waals surface area contributed by atoms with Crippen molar-refractivity contribution in [2.45, 2.75) is 26.6 Å². The van der Waals surface area contributed by atoms with Crippen molar-refractivity contribution in [3.8, 4) is 0 Å². The van der Waals surface area contributed by atoms with Crippen LogP contribution >= 0.6 is 15.9 Å². The molecule has 3 aromatic carbocycles. The first-order chi connectivity index (χ1) is 17.9. The second-order valence-electron chi connectivity index (χ2n) is 8.81. The summed E-state index contributed by atoms with van der Waals surface area (Å²) >= 11 is 3.45. The molecule has 0 atom stereocenters. The Hall–Kier alpha value is -4.24. The number of rotatable bonds is 7. The van der Waals surface area contributed by atoms with E-state index in [1.165, 1.54) is 4.57 Å². The van der Waals surface area contributed by atoms with Gasteiger partial charge in [0.05, 0.1) is 18.6 Å². The molecule has 9 heteroatoms. The van der Waals surface area contributed by atoms with Gasteiger partial charge in [-0.3, -0.25) is 14.2 Å². The predicted octanol–water partition coefficient (Wildman–Crippen LogP) is 4.17. The van der Waals surface area contributed by atoms with Gasteiger partial charge in [0, 0.05) is 11.0 Å². The number of carbonyl (C=O) groups is 1. The Balaban J connectivity index is 1.59. The number of anilines is 1. The normalized spacial score (nSPS) is 11.1. The van der Waals surface area contributed by atoms with Crippen LogP contribution in [0.2, 0.25) is 0 Å². The Labute approximate surface area is 221 Å². The van der Waals surface area contributed by atoms with Gasteiger partial charge in [-0.05, 0) is 51.7 Å². The number of halogens is 1. The lowest BCUT2D eigenvalue weighted by molar-refractivity contribution is -0.116. The molecule has 0 radical (unpaired) electrons. The maximum atomic E-state index is 13.6. The summed E-state index contributed by atoms with van der Waals surface area (Å²) < 4.78 is 4.86. The molecular formula is C28H24BrN5O3. The van der Waals surface area contributed by atoms with E-state index in [1.54, 1.807) is 17.0 Å². The van der Waals surface area contributed by atoms with Crippen LogP contribution in [0, 0.1) is 6.92 Å². The summed E-state index contributed by atoms with van der Waals surface area (Å²) in [4.78, 5) is 44.6. The van der Waals surface area contributed by atoms with Crippen molar-refractivity contribution in [1.29, 1.82) is 0 Å². The number of aryl methyl sites for hydroxylation is 1. The average Bonchev–Trinajstić information content (AvgIpc) is 3.31. The fourth-order valence-corrected chi connectivity index (χ4v) is 4.83. The SMILES string of the molecule is Cc1ccc(NC(=O)Cn2c(=O)c3c(ncn3Cc3ccccc3)n(Cc3ccccc3)c2=O)c(Br)c1. The molecule has 0 bridgehead atoms. The van der Waals surface area contributed by atoms with Crippen molar-refractivity contribution in [3.63, 3.8) is 0 Å². The first-order valence-electron chi connectivity index (χ1n) is 11.7. The van der Waals surface area contributed by atoms with E-state index in [4.69, 9.17) is 0 Å². The van der Waals surface area contributed by atoms with Crippen molar-refractivity contribution in [2.24, 2.45) is 0 Å². The molecule has 37 heavy (non-hydrogen) atoms. The van der Waals surface area contributed by atoms with E-state index in [1.807, 2.05) is 79.7 Å². The Bertz CT molecular complexity index is 1710. The van der Waals surface area contributed by atoms with Gasteiger partial charge < -0.3 is 9.88 Å².